The van der Waals surface area contributed by atoms with Gasteiger partial charge in [0.2, 0.25) is 0 Å². The molecule has 0 bridgehead atoms. The Hall–Kier alpha value is -2.26. The van der Waals surface area contributed by atoms with Gasteiger partial charge < -0.3 is 0 Å². The van der Waals surface area contributed by atoms with Crippen LogP contribution in [0.25, 0.3) is 32.8 Å². The third-order valence-corrected chi connectivity index (χ3v) is 4.16. The number of pyridine rings is 2. The van der Waals surface area contributed by atoms with Crippen molar-refractivity contribution < 1.29 is 4.39 Å². The summed E-state index contributed by atoms with van der Waals surface area (Å²) in [6, 6.07) is 12.9. The van der Waals surface area contributed by atoms with E-state index in [4.69, 9.17) is 11.6 Å². The second kappa shape index (κ2) is 4.37. The molecule has 21 heavy (non-hydrogen) atoms. The summed E-state index contributed by atoms with van der Waals surface area (Å²) in [6.07, 6.45) is 0. The van der Waals surface area contributed by atoms with E-state index in [1.807, 2.05) is 37.3 Å². The minimum absolute atomic E-state index is 0.0435. The van der Waals surface area contributed by atoms with Crippen LogP contribution in [0.2, 0.25) is 5.02 Å². The first-order chi connectivity index (χ1) is 10.1. The summed E-state index contributed by atoms with van der Waals surface area (Å²) < 4.78 is 13.6. The van der Waals surface area contributed by atoms with Crippen molar-refractivity contribution in [1.82, 2.24) is 9.97 Å². The molecule has 4 rings (SSSR count). The van der Waals surface area contributed by atoms with E-state index in [2.05, 4.69) is 9.97 Å². The Morgan fingerprint density at radius 2 is 1.81 bits per heavy atom. The van der Waals surface area contributed by atoms with Crippen LogP contribution in [0.3, 0.4) is 0 Å². The van der Waals surface area contributed by atoms with Gasteiger partial charge in [0.05, 0.1) is 11.0 Å². The number of rotatable bonds is 0. The van der Waals surface area contributed by atoms with Gasteiger partial charge in [0.15, 0.2) is 5.65 Å². The number of halogens is 2. The largest absolute Gasteiger partial charge is 0.228 e. The molecule has 0 amide bonds. The van der Waals surface area contributed by atoms with Gasteiger partial charge in [-0.2, -0.15) is 0 Å². The number of hydrogen-bond donors (Lipinski definition) is 0. The van der Waals surface area contributed by atoms with Gasteiger partial charge in [-0.1, -0.05) is 29.8 Å². The number of aromatic nitrogens is 2. The van der Waals surface area contributed by atoms with Crippen LogP contribution in [-0.2, 0) is 0 Å². The fraction of sp³-hybridized carbons (Fsp3) is 0.0588. The molecular formula is C17H10ClFN2. The molecular weight excluding hydrogens is 287 g/mol. The van der Waals surface area contributed by atoms with Crippen molar-refractivity contribution >= 4 is 44.4 Å². The van der Waals surface area contributed by atoms with Gasteiger partial charge in [-0.25, -0.2) is 14.4 Å². The molecule has 2 nitrogen and oxygen atoms in total. The molecule has 0 aliphatic heterocycles. The van der Waals surface area contributed by atoms with Gasteiger partial charge in [-0.15, -0.1) is 0 Å². The van der Waals surface area contributed by atoms with Crippen molar-refractivity contribution in [3.63, 3.8) is 0 Å². The molecule has 0 unspecified atom stereocenters. The minimum atomic E-state index is -0.464. The Kier molecular flexibility index (Phi) is 2.59. The molecule has 0 aliphatic rings. The number of aryl methyl sites for hydroxylation is 1. The quantitative estimate of drug-likeness (QED) is 0.425. The molecule has 0 saturated carbocycles. The van der Waals surface area contributed by atoms with E-state index in [0.717, 1.165) is 27.2 Å². The van der Waals surface area contributed by atoms with Crippen LogP contribution in [0.15, 0.2) is 42.5 Å². The lowest BCUT2D eigenvalue weighted by Gasteiger charge is -2.08. The van der Waals surface area contributed by atoms with Crippen LogP contribution < -0.4 is 0 Å². The van der Waals surface area contributed by atoms with Gasteiger partial charge in [-0.05, 0) is 36.8 Å². The zero-order valence-electron chi connectivity index (χ0n) is 11.2. The molecule has 102 valence electrons. The van der Waals surface area contributed by atoms with Crippen molar-refractivity contribution in [2.45, 2.75) is 6.92 Å². The molecule has 2 aromatic heterocycles. The Balaban J connectivity index is 2.23. The Bertz CT molecular complexity index is 1030. The molecule has 0 radical (unpaired) electrons. The highest BCUT2D eigenvalue weighted by Gasteiger charge is 2.11. The van der Waals surface area contributed by atoms with E-state index in [1.165, 1.54) is 6.07 Å². The monoisotopic (exact) mass is 296 g/mol. The first-order valence-electron chi connectivity index (χ1n) is 6.59. The molecule has 0 fully saturated rings. The van der Waals surface area contributed by atoms with Crippen LogP contribution in [0, 0.1) is 12.7 Å². The predicted molar refractivity (Wildman–Crippen MR) is 84.3 cm³/mol. The molecule has 2 aromatic carbocycles. The summed E-state index contributed by atoms with van der Waals surface area (Å²) in [5, 5.41) is 2.92. The zero-order valence-corrected chi connectivity index (χ0v) is 11.9. The van der Waals surface area contributed by atoms with Crippen LogP contribution in [0.5, 0.6) is 0 Å². The Morgan fingerprint density at radius 3 is 2.67 bits per heavy atom. The average molecular weight is 297 g/mol. The second-order valence-corrected chi connectivity index (χ2v) is 5.42. The van der Waals surface area contributed by atoms with Crippen molar-refractivity contribution in [1.29, 1.82) is 0 Å². The average Bonchev–Trinajstić information content (AvgIpc) is 2.51. The number of nitrogens with zero attached hydrogens (tertiary/aromatic N) is 2. The highest BCUT2D eigenvalue weighted by molar-refractivity contribution is 6.35. The van der Waals surface area contributed by atoms with E-state index in [-0.39, 0.29) is 5.02 Å². The number of fused-ring (bicyclic) bond motifs is 3. The summed E-state index contributed by atoms with van der Waals surface area (Å²) >= 11 is 6.02. The minimum Gasteiger partial charge on any atom is -0.228 e. The summed E-state index contributed by atoms with van der Waals surface area (Å²) in [5.74, 6) is -0.464. The standard InChI is InChI=1S/C17H10ClFN2/c1-9-11-4-2-3-5-14(11)20-17-12(9)8-10-6-7-13(19)15(18)16(10)21-17/h2-8H,1H3. The molecule has 0 saturated heterocycles. The van der Waals surface area contributed by atoms with E-state index in [1.54, 1.807) is 6.07 Å². The summed E-state index contributed by atoms with van der Waals surface area (Å²) in [4.78, 5) is 9.03. The molecule has 0 N–H and O–H groups in total. The van der Waals surface area contributed by atoms with Crippen LogP contribution in [-0.4, -0.2) is 9.97 Å². The SMILES string of the molecule is Cc1c2ccccc2nc2nc3c(Cl)c(F)ccc3cc12. The van der Waals surface area contributed by atoms with Crippen molar-refractivity contribution in [2.24, 2.45) is 0 Å². The molecule has 2 heterocycles. The maximum atomic E-state index is 13.6. The predicted octanol–water partition coefficient (Wildman–Crippen LogP) is 5.04. The van der Waals surface area contributed by atoms with Crippen molar-refractivity contribution in [2.75, 3.05) is 0 Å². The Morgan fingerprint density at radius 1 is 1.00 bits per heavy atom. The van der Waals surface area contributed by atoms with E-state index in [0.29, 0.717) is 11.2 Å². The molecule has 0 aliphatic carbocycles. The normalized spacial score (nSPS) is 11.6. The number of benzene rings is 2. The van der Waals surface area contributed by atoms with Crippen LogP contribution in [0.4, 0.5) is 4.39 Å². The Labute approximate surface area is 125 Å². The topological polar surface area (TPSA) is 25.8 Å². The van der Waals surface area contributed by atoms with Gasteiger partial charge in [0, 0.05) is 16.2 Å². The number of para-hydroxylation sites is 1. The van der Waals surface area contributed by atoms with Crippen LogP contribution in [0.1, 0.15) is 5.56 Å². The molecule has 4 aromatic rings. The molecule has 0 spiro atoms. The van der Waals surface area contributed by atoms with Gasteiger partial charge in [0.1, 0.15) is 10.8 Å². The van der Waals surface area contributed by atoms with E-state index >= 15 is 0 Å². The van der Waals surface area contributed by atoms with Gasteiger partial charge in [-0.3, -0.25) is 0 Å². The maximum absolute atomic E-state index is 13.6. The van der Waals surface area contributed by atoms with E-state index < -0.39 is 5.82 Å². The fourth-order valence-corrected chi connectivity index (χ4v) is 2.89. The number of hydrogen-bond acceptors (Lipinski definition) is 2. The lowest BCUT2D eigenvalue weighted by molar-refractivity contribution is 0.630. The van der Waals surface area contributed by atoms with Crippen molar-refractivity contribution in [3.8, 4) is 0 Å². The highest BCUT2D eigenvalue weighted by Crippen LogP contribution is 2.30. The zero-order chi connectivity index (χ0) is 14.6. The maximum Gasteiger partial charge on any atom is 0.160 e. The first kappa shape index (κ1) is 12.5. The smallest absolute Gasteiger partial charge is 0.160 e. The third kappa shape index (κ3) is 1.78. The lowest BCUT2D eigenvalue weighted by Crippen LogP contribution is -1.92. The van der Waals surface area contributed by atoms with E-state index in [9.17, 15) is 4.39 Å². The van der Waals surface area contributed by atoms with Crippen LogP contribution >= 0.6 is 11.6 Å². The molecule has 4 heteroatoms. The summed E-state index contributed by atoms with van der Waals surface area (Å²) in [7, 11) is 0. The highest BCUT2D eigenvalue weighted by atomic mass is 35.5. The first-order valence-corrected chi connectivity index (χ1v) is 6.97. The third-order valence-electron chi connectivity index (χ3n) is 3.80. The van der Waals surface area contributed by atoms with Gasteiger partial charge >= 0.3 is 0 Å². The summed E-state index contributed by atoms with van der Waals surface area (Å²) in [6.45, 7) is 2.05. The molecule has 0 atom stereocenters. The fourth-order valence-electron chi connectivity index (χ4n) is 2.68. The lowest BCUT2D eigenvalue weighted by atomic mass is 10.0. The van der Waals surface area contributed by atoms with Crippen molar-refractivity contribution in [3.05, 3.63) is 58.9 Å². The van der Waals surface area contributed by atoms with Gasteiger partial charge in [0.25, 0.3) is 0 Å². The summed E-state index contributed by atoms with van der Waals surface area (Å²) in [5.41, 5.74) is 3.03. The second-order valence-electron chi connectivity index (χ2n) is 5.05.